The summed E-state index contributed by atoms with van der Waals surface area (Å²) in [5, 5.41) is 0. The van der Waals surface area contributed by atoms with Crippen LogP contribution >= 0.6 is 0 Å². The van der Waals surface area contributed by atoms with Crippen molar-refractivity contribution in [3.05, 3.63) is 42.0 Å². The first-order valence-electron chi connectivity index (χ1n) is 5.39. The highest BCUT2D eigenvalue weighted by molar-refractivity contribution is 5.93. The van der Waals surface area contributed by atoms with E-state index in [4.69, 9.17) is 4.42 Å². The number of oxazole rings is 1. The van der Waals surface area contributed by atoms with Gasteiger partial charge in [-0.2, -0.15) is 0 Å². The SMILES string of the molecule is CCc1nc(-c2ccccc2)c(C(=O)OC)o1. The lowest BCUT2D eigenvalue weighted by Crippen LogP contribution is -2.01. The molecule has 1 aromatic heterocycles. The van der Waals surface area contributed by atoms with Crippen LogP contribution in [0.5, 0.6) is 0 Å². The Kier molecular flexibility index (Phi) is 3.23. The molecule has 0 radical (unpaired) electrons. The fourth-order valence-electron chi connectivity index (χ4n) is 1.54. The molecule has 0 amide bonds. The van der Waals surface area contributed by atoms with Crippen LogP contribution in [0, 0.1) is 0 Å². The molecule has 88 valence electrons. The van der Waals surface area contributed by atoms with Gasteiger partial charge in [0.25, 0.3) is 0 Å². The number of hydrogen-bond donors (Lipinski definition) is 0. The molecule has 2 rings (SSSR count). The Morgan fingerprint density at radius 2 is 2.06 bits per heavy atom. The summed E-state index contributed by atoms with van der Waals surface area (Å²) in [5.74, 6) is 0.191. The van der Waals surface area contributed by atoms with Crippen LogP contribution in [0.4, 0.5) is 0 Å². The second-order valence-corrected chi connectivity index (χ2v) is 3.50. The number of benzene rings is 1. The third-order valence-electron chi connectivity index (χ3n) is 2.39. The van der Waals surface area contributed by atoms with Crippen LogP contribution in [0.15, 0.2) is 34.7 Å². The predicted molar refractivity (Wildman–Crippen MR) is 62.7 cm³/mol. The lowest BCUT2D eigenvalue weighted by Gasteiger charge is -1.98. The van der Waals surface area contributed by atoms with Crippen molar-refractivity contribution >= 4 is 5.97 Å². The maximum absolute atomic E-state index is 11.6. The van der Waals surface area contributed by atoms with Gasteiger partial charge in [-0.1, -0.05) is 37.3 Å². The number of rotatable bonds is 3. The molecule has 0 saturated heterocycles. The van der Waals surface area contributed by atoms with Crippen LogP contribution in [0.2, 0.25) is 0 Å². The Labute approximate surface area is 99.2 Å². The molecular formula is C13H13NO3. The van der Waals surface area contributed by atoms with E-state index in [-0.39, 0.29) is 5.76 Å². The van der Waals surface area contributed by atoms with Crippen molar-refractivity contribution in [2.45, 2.75) is 13.3 Å². The third kappa shape index (κ3) is 2.20. The minimum atomic E-state index is -0.504. The van der Waals surface area contributed by atoms with E-state index in [1.807, 2.05) is 37.3 Å². The highest BCUT2D eigenvalue weighted by atomic mass is 16.5. The van der Waals surface area contributed by atoms with Crippen LogP contribution in [0.3, 0.4) is 0 Å². The van der Waals surface area contributed by atoms with Crippen LogP contribution < -0.4 is 0 Å². The highest BCUT2D eigenvalue weighted by Crippen LogP contribution is 2.24. The average molecular weight is 231 g/mol. The zero-order chi connectivity index (χ0) is 12.3. The zero-order valence-corrected chi connectivity index (χ0v) is 9.77. The molecule has 0 fully saturated rings. The van der Waals surface area contributed by atoms with Gasteiger partial charge < -0.3 is 9.15 Å². The number of carbonyl (C=O) groups is 1. The van der Waals surface area contributed by atoms with Crippen molar-refractivity contribution in [1.82, 2.24) is 4.98 Å². The van der Waals surface area contributed by atoms with Gasteiger partial charge in [-0.15, -0.1) is 0 Å². The molecule has 0 unspecified atom stereocenters. The van der Waals surface area contributed by atoms with Gasteiger partial charge in [0.1, 0.15) is 5.69 Å². The zero-order valence-electron chi connectivity index (χ0n) is 9.77. The molecule has 17 heavy (non-hydrogen) atoms. The quantitative estimate of drug-likeness (QED) is 0.762. The number of ether oxygens (including phenoxy) is 1. The van der Waals surface area contributed by atoms with Gasteiger partial charge in [-0.3, -0.25) is 0 Å². The van der Waals surface area contributed by atoms with E-state index in [1.54, 1.807) is 0 Å². The second kappa shape index (κ2) is 4.82. The molecule has 4 heteroatoms. The standard InChI is InChI=1S/C13H13NO3/c1-3-10-14-11(9-7-5-4-6-8-9)12(17-10)13(15)16-2/h4-8H,3H2,1-2H3. The summed E-state index contributed by atoms with van der Waals surface area (Å²) < 4.78 is 10.1. The summed E-state index contributed by atoms with van der Waals surface area (Å²) in [6, 6.07) is 9.43. The molecule has 0 atom stereocenters. The van der Waals surface area contributed by atoms with E-state index in [9.17, 15) is 4.79 Å². The summed E-state index contributed by atoms with van der Waals surface area (Å²) in [6.07, 6.45) is 0.636. The summed E-state index contributed by atoms with van der Waals surface area (Å²) in [4.78, 5) is 15.9. The van der Waals surface area contributed by atoms with Gasteiger partial charge in [0.2, 0.25) is 5.76 Å². The molecule has 1 heterocycles. The Hall–Kier alpha value is -2.10. The van der Waals surface area contributed by atoms with Gasteiger partial charge in [-0.05, 0) is 0 Å². The van der Waals surface area contributed by atoms with E-state index < -0.39 is 5.97 Å². The summed E-state index contributed by atoms with van der Waals surface area (Å²) >= 11 is 0. The maximum atomic E-state index is 11.6. The normalized spacial score (nSPS) is 10.2. The van der Waals surface area contributed by atoms with Crippen molar-refractivity contribution in [3.8, 4) is 11.3 Å². The molecule has 2 aromatic rings. The lowest BCUT2D eigenvalue weighted by molar-refractivity contribution is 0.0564. The van der Waals surface area contributed by atoms with E-state index in [0.717, 1.165) is 5.56 Å². The van der Waals surface area contributed by atoms with Crippen LogP contribution in [-0.2, 0) is 11.2 Å². The highest BCUT2D eigenvalue weighted by Gasteiger charge is 2.21. The number of aryl methyl sites for hydroxylation is 1. The molecule has 0 spiro atoms. The fraction of sp³-hybridized carbons (Fsp3) is 0.231. The van der Waals surface area contributed by atoms with E-state index in [0.29, 0.717) is 18.0 Å². The van der Waals surface area contributed by atoms with Gasteiger partial charge in [0.15, 0.2) is 5.89 Å². The fourth-order valence-corrected chi connectivity index (χ4v) is 1.54. The van der Waals surface area contributed by atoms with Crippen LogP contribution in [0.25, 0.3) is 11.3 Å². The number of esters is 1. The van der Waals surface area contributed by atoms with Gasteiger partial charge >= 0.3 is 5.97 Å². The molecule has 1 aromatic carbocycles. The topological polar surface area (TPSA) is 52.3 Å². The minimum Gasteiger partial charge on any atom is -0.463 e. The Morgan fingerprint density at radius 1 is 1.35 bits per heavy atom. The molecular weight excluding hydrogens is 218 g/mol. The molecule has 0 aliphatic rings. The first-order chi connectivity index (χ1) is 8.26. The van der Waals surface area contributed by atoms with Crippen molar-refractivity contribution in [2.24, 2.45) is 0 Å². The summed E-state index contributed by atoms with van der Waals surface area (Å²) in [6.45, 7) is 1.92. The molecule has 0 aliphatic heterocycles. The molecule has 0 bridgehead atoms. The maximum Gasteiger partial charge on any atom is 0.376 e. The second-order valence-electron chi connectivity index (χ2n) is 3.50. The summed E-state index contributed by atoms with van der Waals surface area (Å²) in [7, 11) is 1.32. The molecule has 4 nitrogen and oxygen atoms in total. The van der Waals surface area contributed by atoms with Gasteiger partial charge in [-0.25, -0.2) is 9.78 Å². The first kappa shape index (κ1) is 11.4. The van der Waals surface area contributed by atoms with Crippen molar-refractivity contribution in [1.29, 1.82) is 0 Å². The number of methoxy groups -OCH3 is 1. The largest absolute Gasteiger partial charge is 0.463 e. The third-order valence-corrected chi connectivity index (χ3v) is 2.39. The average Bonchev–Trinajstić information content (AvgIpc) is 2.83. The Morgan fingerprint density at radius 3 is 2.65 bits per heavy atom. The Balaban J connectivity index is 2.52. The Bertz CT molecular complexity index is 517. The van der Waals surface area contributed by atoms with Crippen molar-refractivity contribution < 1.29 is 13.9 Å². The van der Waals surface area contributed by atoms with Crippen LogP contribution in [0.1, 0.15) is 23.4 Å². The predicted octanol–water partition coefficient (Wildman–Crippen LogP) is 2.69. The number of nitrogens with zero attached hydrogens (tertiary/aromatic N) is 1. The van der Waals surface area contributed by atoms with Gasteiger partial charge in [0, 0.05) is 12.0 Å². The number of aromatic nitrogens is 1. The molecule has 0 N–H and O–H groups in total. The van der Waals surface area contributed by atoms with Crippen LogP contribution in [-0.4, -0.2) is 18.1 Å². The minimum absolute atomic E-state index is 0.163. The molecule has 0 saturated carbocycles. The summed E-state index contributed by atoms with van der Waals surface area (Å²) in [5.41, 5.74) is 1.38. The van der Waals surface area contributed by atoms with E-state index in [1.165, 1.54) is 7.11 Å². The van der Waals surface area contributed by atoms with Crippen molar-refractivity contribution in [3.63, 3.8) is 0 Å². The lowest BCUT2D eigenvalue weighted by atomic mass is 10.1. The smallest absolute Gasteiger partial charge is 0.376 e. The molecule has 0 aliphatic carbocycles. The monoisotopic (exact) mass is 231 g/mol. The first-order valence-corrected chi connectivity index (χ1v) is 5.39. The number of hydrogen-bond acceptors (Lipinski definition) is 4. The van der Waals surface area contributed by atoms with Gasteiger partial charge in [0.05, 0.1) is 7.11 Å². The van der Waals surface area contributed by atoms with E-state index >= 15 is 0 Å². The number of carbonyl (C=O) groups excluding carboxylic acids is 1. The van der Waals surface area contributed by atoms with E-state index in [2.05, 4.69) is 9.72 Å². The van der Waals surface area contributed by atoms with Crippen molar-refractivity contribution in [2.75, 3.05) is 7.11 Å².